The molecule has 0 heterocycles. The molecule has 150 valence electrons. The second kappa shape index (κ2) is 8.30. The van der Waals surface area contributed by atoms with Crippen LogP contribution >= 0.6 is 0 Å². The normalized spacial score (nSPS) is 24.1. The number of ketones is 1. The Labute approximate surface area is 162 Å². The number of aryl methyl sites for hydroxylation is 1. The molecule has 0 aliphatic heterocycles. The quantitative estimate of drug-likeness (QED) is 0.326. The Bertz CT molecular complexity index is 866. The molecule has 0 bridgehead atoms. The fraction of sp³-hybridized carbons (Fsp3) is 0.455. The highest BCUT2D eigenvalue weighted by molar-refractivity contribution is 6.09. The van der Waals surface area contributed by atoms with Crippen LogP contribution in [0, 0.1) is 37.9 Å². The maximum atomic E-state index is 14.3. The zero-order valence-corrected chi connectivity index (χ0v) is 16.2. The first-order valence-electron chi connectivity index (χ1n) is 9.11. The van der Waals surface area contributed by atoms with Crippen LogP contribution in [0.2, 0.25) is 0 Å². The molecule has 2 atom stereocenters. The van der Waals surface area contributed by atoms with Gasteiger partial charge in [-0.05, 0) is 49.6 Å². The zero-order valence-electron chi connectivity index (χ0n) is 16.2. The highest BCUT2D eigenvalue weighted by Crippen LogP contribution is 2.57. The van der Waals surface area contributed by atoms with E-state index in [0.29, 0.717) is 5.69 Å². The molecule has 0 amide bonds. The first-order chi connectivity index (χ1) is 13.0. The number of hydrogen-bond donors (Lipinski definition) is 0. The maximum Gasteiger partial charge on any atom is 0.282 e. The van der Waals surface area contributed by atoms with Crippen LogP contribution in [0.4, 0.5) is 23.2 Å². The molecule has 0 radical (unpaired) electrons. The summed E-state index contributed by atoms with van der Waals surface area (Å²) in [5.41, 5.74) is -0.502. The summed E-state index contributed by atoms with van der Waals surface area (Å²) in [5.74, 6) is -2.75. The topological polar surface area (TPSA) is 29.4 Å². The van der Waals surface area contributed by atoms with Crippen molar-refractivity contribution in [1.29, 1.82) is 0 Å². The number of benzene rings is 1. The lowest BCUT2D eigenvalue weighted by Crippen LogP contribution is -2.61. The van der Waals surface area contributed by atoms with Gasteiger partial charge >= 0.3 is 0 Å². The molecule has 0 aromatic heterocycles. The SMILES string of the molecule is C#CC(/C=C/CC(=O)CC1CC(F)(F)C1(F)CC)=Nc1cc(F)cc(C)c1C. The minimum Gasteiger partial charge on any atom is -0.299 e. The Morgan fingerprint density at radius 2 is 2.04 bits per heavy atom. The Kier molecular flexibility index (Phi) is 6.48. The van der Waals surface area contributed by atoms with Crippen LogP contribution in [0.25, 0.3) is 0 Å². The lowest BCUT2D eigenvalue weighted by atomic mass is 9.64. The van der Waals surface area contributed by atoms with E-state index in [4.69, 9.17) is 6.42 Å². The highest BCUT2D eigenvalue weighted by atomic mass is 19.3. The summed E-state index contributed by atoms with van der Waals surface area (Å²) in [6, 6.07) is 2.66. The Balaban J connectivity index is 2.01. The van der Waals surface area contributed by atoms with E-state index < -0.39 is 29.7 Å². The molecular formula is C22H23F4NO. The number of terminal acetylenes is 1. The predicted molar refractivity (Wildman–Crippen MR) is 102 cm³/mol. The van der Waals surface area contributed by atoms with Crippen LogP contribution < -0.4 is 0 Å². The molecule has 2 rings (SSSR count). The maximum absolute atomic E-state index is 14.3. The van der Waals surface area contributed by atoms with Crippen molar-refractivity contribution in [3.05, 3.63) is 41.2 Å². The van der Waals surface area contributed by atoms with Crippen molar-refractivity contribution in [2.75, 3.05) is 0 Å². The van der Waals surface area contributed by atoms with Gasteiger partial charge < -0.3 is 0 Å². The van der Waals surface area contributed by atoms with Crippen LogP contribution in [-0.2, 0) is 4.79 Å². The molecule has 1 aliphatic carbocycles. The van der Waals surface area contributed by atoms with Crippen LogP contribution in [0.1, 0.15) is 43.7 Å². The molecule has 0 saturated heterocycles. The number of aliphatic imine (C=N–C) groups is 1. The fourth-order valence-corrected chi connectivity index (χ4v) is 3.41. The van der Waals surface area contributed by atoms with E-state index in [1.54, 1.807) is 13.8 Å². The number of alkyl halides is 3. The van der Waals surface area contributed by atoms with Gasteiger partial charge in [0.25, 0.3) is 5.92 Å². The second-order valence-electron chi connectivity index (χ2n) is 7.18. The van der Waals surface area contributed by atoms with E-state index in [9.17, 15) is 22.4 Å². The Morgan fingerprint density at radius 1 is 1.36 bits per heavy atom. The standard InChI is InChI=1S/C22H23F4NO/c1-5-18(27-20-12-17(23)10-14(3)15(20)4)8-7-9-19(28)11-16-13-22(25,26)21(16,24)6-2/h1,7-8,10,12,16H,6,9,11,13H2,2-4H3/b8-7+,27-18?. The highest BCUT2D eigenvalue weighted by Gasteiger charge is 2.68. The van der Waals surface area contributed by atoms with Crippen molar-refractivity contribution in [2.45, 2.75) is 58.0 Å². The summed E-state index contributed by atoms with van der Waals surface area (Å²) in [7, 11) is 0. The van der Waals surface area contributed by atoms with E-state index in [1.807, 2.05) is 0 Å². The van der Waals surface area contributed by atoms with Gasteiger partial charge in [-0.2, -0.15) is 0 Å². The molecule has 1 saturated carbocycles. The average molecular weight is 393 g/mol. The van der Waals surface area contributed by atoms with Crippen LogP contribution in [-0.4, -0.2) is 23.1 Å². The summed E-state index contributed by atoms with van der Waals surface area (Å²) in [6.07, 6.45) is 7.08. The van der Waals surface area contributed by atoms with E-state index in [1.165, 1.54) is 31.2 Å². The number of hydrogen-bond acceptors (Lipinski definition) is 2. The van der Waals surface area contributed by atoms with Gasteiger partial charge in [0.1, 0.15) is 17.3 Å². The van der Waals surface area contributed by atoms with Gasteiger partial charge in [0.2, 0.25) is 0 Å². The van der Waals surface area contributed by atoms with Crippen LogP contribution in [0.3, 0.4) is 0 Å². The molecule has 1 aromatic carbocycles. The third-order valence-corrected chi connectivity index (χ3v) is 5.36. The van der Waals surface area contributed by atoms with Gasteiger partial charge in [0, 0.05) is 25.2 Å². The molecule has 28 heavy (non-hydrogen) atoms. The number of Topliss-reactive ketones (excluding diaryl/α,β-unsaturated/α-hetero) is 1. The van der Waals surface area contributed by atoms with Crippen molar-refractivity contribution in [3.63, 3.8) is 0 Å². The monoisotopic (exact) mass is 393 g/mol. The number of rotatable bonds is 7. The molecule has 1 fully saturated rings. The summed E-state index contributed by atoms with van der Waals surface area (Å²) < 4.78 is 54.7. The molecule has 2 unspecified atom stereocenters. The zero-order chi connectivity index (χ0) is 21.1. The molecule has 0 N–H and O–H groups in total. The van der Waals surface area contributed by atoms with Gasteiger partial charge in [0.05, 0.1) is 5.69 Å². The van der Waals surface area contributed by atoms with Gasteiger partial charge in [-0.15, -0.1) is 6.42 Å². The molecule has 1 aromatic rings. The number of carbonyl (C=O) groups excluding carboxylic acids is 1. The first kappa shape index (κ1) is 21.9. The summed E-state index contributed by atoms with van der Waals surface area (Å²) in [6.45, 7) is 4.91. The summed E-state index contributed by atoms with van der Waals surface area (Å²) >= 11 is 0. The number of allylic oxidation sites excluding steroid dienone is 2. The van der Waals surface area contributed by atoms with Crippen molar-refractivity contribution in [2.24, 2.45) is 10.9 Å². The van der Waals surface area contributed by atoms with Gasteiger partial charge in [-0.3, -0.25) is 4.79 Å². The van der Waals surface area contributed by atoms with E-state index >= 15 is 0 Å². The lowest BCUT2D eigenvalue weighted by Gasteiger charge is -2.49. The molecule has 6 heteroatoms. The van der Waals surface area contributed by atoms with E-state index in [2.05, 4.69) is 10.9 Å². The molecule has 2 nitrogen and oxygen atoms in total. The Hall–Kier alpha value is -2.42. The van der Waals surface area contributed by atoms with Crippen molar-refractivity contribution >= 4 is 17.2 Å². The number of carbonyl (C=O) groups is 1. The van der Waals surface area contributed by atoms with E-state index in [0.717, 1.165) is 11.1 Å². The first-order valence-corrected chi connectivity index (χ1v) is 9.11. The minimum absolute atomic E-state index is 0.0657. The minimum atomic E-state index is -3.37. The molecule has 1 aliphatic rings. The number of halogens is 4. The van der Waals surface area contributed by atoms with Gasteiger partial charge in [0.15, 0.2) is 5.67 Å². The van der Waals surface area contributed by atoms with Gasteiger partial charge in [-0.1, -0.05) is 18.9 Å². The lowest BCUT2D eigenvalue weighted by molar-refractivity contribution is -0.252. The summed E-state index contributed by atoms with van der Waals surface area (Å²) in [4.78, 5) is 16.3. The van der Waals surface area contributed by atoms with Crippen molar-refractivity contribution < 1.29 is 22.4 Å². The van der Waals surface area contributed by atoms with E-state index in [-0.39, 0.29) is 30.8 Å². The average Bonchev–Trinajstić information content (AvgIpc) is 2.63. The third-order valence-electron chi connectivity index (χ3n) is 5.36. The summed E-state index contributed by atoms with van der Waals surface area (Å²) in [5, 5.41) is 0. The molecule has 0 spiro atoms. The predicted octanol–water partition coefficient (Wildman–Crippen LogP) is 5.83. The molecular weight excluding hydrogens is 370 g/mol. The largest absolute Gasteiger partial charge is 0.299 e. The van der Waals surface area contributed by atoms with Crippen LogP contribution in [0.15, 0.2) is 29.3 Å². The second-order valence-corrected chi connectivity index (χ2v) is 7.18. The van der Waals surface area contributed by atoms with Gasteiger partial charge in [-0.25, -0.2) is 22.6 Å². The van der Waals surface area contributed by atoms with Crippen molar-refractivity contribution in [1.82, 2.24) is 0 Å². The number of nitrogens with zero attached hydrogens (tertiary/aromatic N) is 1. The van der Waals surface area contributed by atoms with Crippen molar-refractivity contribution in [3.8, 4) is 12.3 Å². The third kappa shape index (κ3) is 4.35. The fourth-order valence-electron chi connectivity index (χ4n) is 3.41. The Morgan fingerprint density at radius 3 is 2.61 bits per heavy atom. The smallest absolute Gasteiger partial charge is 0.282 e. The van der Waals surface area contributed by atoms with Crippen LogP contribution in [0.5, 0.6) is 0 Å².